The van der Waals surface area contributed by atoms with Gasteiger partial charge in [0.1, 0.15) is 10.7 Å². The Bertz CT molecular complexity index is 550. The Morgan fingerprint density at radius 3 is 2.62 bits per heavy atom. The van der Waals surface area contributed by atoms with E-state index < -0.39 is 5.82 Å². The average molecular weight is 241 g/mol. The van der Waals surface area contributed by atoms with Crippen molar-refractivity contribution in [2.45, 2.75) is 6.92 Å². The number of rotatable bonds is 1. The number of benzene rings is 1. The molecule has 4 nitrogen and oxygen atoms in total. The Morgan fingerprint density at radius 1 is 1.38 bits per heavy atom. The van der Waals surface area contributed by atoms with Crippen LogP contribution in [0.2, 0.25) is 5.02 Å². The van der Waals surface area contributed by atoms with Gasteiger partial charge in [-0.15, -0.1) is 0 Å². The van der Waals surface area contributed by atoms with E-state index >= 15 is 0 Å². The minimum Gasteiger partial charge on any atom is -0.397 e. The first-order chi connectivity index (χ1) is 7.50. The molecule has 0 fully saturated rings. The molecule has 1 aromatic carbocycles. The van der Waals surface area contributed by atoms with Crippen molar-refractivity contribution in [1.29, 1.82) is 0 Å². The monoisotopic (exact) mass is 240 g/mol. The number of hydrogen-bond donors (Lipinski definition) is 2. The molecule has 0 bridgehead atoms. The van der Waals surface area contributed by atoms with Gasteiger partial charge in [-0.25, -0.2) is 9.07 Å². The van der Waals surface area contributed by atoms with Crippen molar-refractivity contribution in [3.8, 4) is 5.69 Å². The molecule has 4 N–H and O–H groups in total. The van der Waals surface area contributed by atoms with E-state index in [-0.39, 0.29) is 22.1 Å². The normalized spacial score (nSPS) is 10.7. The maximum Gasteiger partial charge on any atom is 0.171 e. The fourth-order valence-corrected chi connectivity index (χ4v) is 1.57. The summed E-state index contributed by atoms with van der Waals surface area (Å²) in [6.45, 7) is 1.84. The van der Waals surface area contributed by atoms with Crippen molar-refractivity contribution in [3.05, 3.63) is 34.9 Å². The van der Waals surface area contributed by atoms with E-state index in [0.29, 0.717) is 0 Å². The first-order valence-electron chi connectivity index (χ1n) is 4.55. The second-order valence-electron chi connectivity index (χ2n) is 3.49. The Labute approximate surface area is 96.6 Å². The number of nitrogen functional groups attached to an aromatic ring is 2. The highest BCUT2D eigenvalue weighted by molar-refractivity contribution is 6.33. The number of halogens is 2. The third kappa shape index (κ3) is 1.59. The van der Waals surface area contributed by atoms with E-state index in [9.17, 15) is 4.39 Å². The standard InChI is InChI=1S/C10H10ClFN4/c1-5-3-15-16(4-5)10-7(14)2-6(13)8(11)9(10)12/h2-4H,13-14H2,1H3. The van der Waals surface area contributed by atoms with Gasteiger partial charge in [0.25, 0.3) is 0 Å². The second-order valence-corrected chi connectivity index (χ2v) is 3.87. The van der Waals surface area contributed by atoms with E-state index in [1.54, 1.807) is 12.4 Å². The van der Waals surface area contributed by atoms with Gasteiger partial charge in [0.2, 0.25) is 0 Å². The molecule has 0 saturated carbocycles. The number of nitrogens with two attached hydrogens (primary N) is 2. The average Bonchev–Trinajstić information content (AvgIpc) is 2.61. The summed E-state index contributed by atoms with van der Waals surface area (Å²) in [4.78, 5) is 0. The lowest BCUT2D eigenvalue weighted by Crippen LogP contribution is -2.05. The third-order valence-corrected chi connectivity index (χ3v) is 2.56. The van der Waals surface area contributed by atoms with Gasteiger partial charge in [-0.2, -0.15) is 5.10 Å². The van der Waals surface area contributed by atoms with Crippen molar-refractivity contribution in [2.75, 3.05) is 11.5 Å². The molecule has 0 aliphatic heterocycles. The predicted molar refractivity (Wildman–Crippen MR) is 62.1 cm³/mol. The highest BCUT2D eigenvalue weighted by atomic mass is 35.5. The number of anilines is 2. The molecular weight excluding hydrogens is 231 g/mol. The molecule has 0 amide bonds. The van der Waals surface area contributed by atoms with Crippen LogP contribution in [0.25, 0.3) is 5.69 Å². The molecule has 2 rings (SSSR count). The SMILES string of the molecule is Cc1cnn(-c2c(N)cc(N)c(Cl)c2F)c1. The Morgan fingerprint density at radius 2 is 2.06 bits per heavy atom. The van der Waals surface area contributed by atoms with Crippen LogP contribution in [-0.2, 0) is 0 Å². The molecule has 0 spiro atoms. The Kier molecular flexibility index (Phi) is 2.47. The lowest BCUT2D eigenvalue weighted by Gasteiger charge is -2.10. The van der Waals surface area contributed by atoms with Gasteiger partial charge in [-0.1, -0.05) is 11.6 Å². The fourth-order valence-electron chi connectivity index (χ4n) is 1.42. The lowest BCUT2D eigenvalue weighted by atomic mass is 10.2. The molecule has 84 valence electrons. The number of nitrogens with zero attached hydrogens (tertiary/aromatic N) is 2. The number of hydrogen-bond acceptors (Lipinski definition) is 3. The first kappa shape index (κ1) is 10.8. The summed E-state index contributed by atoms with van der Waals surface area (Å²) in [5, 5.41) is 3.83. The van der Waals surface area contributed by atoms with Crippen LogP contribution in [0, 0.1) is 12.7 Å². The van der Waals surface area contributed by atoms with Crippen LogP contribution in [0.3, 0.4) is 0 Å². The summed E-state index contributed by atoms with van der Waals surface area (Å²) in [7, 11) is 0. The molecule has 0 radical (unpaired) electrons. The van der Waals surface area contributed by atoms with Gasteiger partial charge in [-0.05, 0) is 18.6 Å². The Hall–Kier alpha value is -1.75. The molecule has 16 heavy (non-hydrogen) atoms. The molecule has 0 aliphatic rings. The van der Waals surface area contributed by atoms with E-state index in [2.05, 4.69) is 5.10 Å². The Balaban J connectivity index is 2.70. The van der Waals surface area contributed by atoms with Crippen molar-refractivity contribution < 1.29 is 4.39 Å². The number of aryl methyl sites for hydroxylation is 1. The molecule has 0 unspecified atom stereocenters. The molecule has 1 heterocycles. The molecule has 1 aromatic heterocycles. The number of aromatic nitrogens is 2. The van der Waals surface area contributed by atoms with Gasteiger partial charge in [-0.3, -0.25) is 0 Å². The van der Waals surface area contributed by atoms with Crippen LogP contribution in [-0.4, -0.2) is 9.78 Å². The van der Waals surface area contributed by atoms with E-state index in [0.717, 1.165) is 5.56 Å². The quantitative estimate of drug-likeness (QED) is 0.751. The van der Waals surface area contributed by atoms with Crippen LogP contribution in [0.15, 0.2) is 18.5 Å². The largest absolute Gasteiger partial charge is 0.397 e. The minimum atomic E-state index is -0.665. The maximum atomic E-state index is 13.9. The summed E-state index contributed by atoms with van der Waals surface area (Å²) in [5.41, 5.74) is 12.5. The van der Waals surface area contributed by atoms with E-state index in [4.69, 9.17) is 23.1 Å². The first-order valence-corrected chi connectivity index (χ1v) is 4.93. The van der Waals surface area contributed by atoms with Crippen LogP contribution >= 0.6 is 11.6 Å². The van der Waals surface area contributed by atoms with Crippen LogP contribution < -0.4 is 11.5 Å². The fraction of sp³-hybridized carbons (Fsp3) is 0.100. The topological polar surface area (TPSA) is 69.9 Å². The smallest absolute Gasteiger partial charge is 0.171 e. The van der Waals surface area contributed by atoms with Gasteiger partial charge >= 0.3 is 0 Å². The van der Waals surface area contributed by atoms with Gasteiger partial charge in [0, 0.05) is 6.20 Å². The molecule has 0 saturated heterocycles. The molecule has 0 aliphatic carbocycles. The zero-order valence-electron chi connectivity index (χ0n) is 8.54. The van der Waals surface area contributed by atoms with Crippen molar-refractivity contribution in [3.63, 3.8) is 0 Å². The summed E-state index contributed by atoms with van der Waals surface area (Å²) in [5.74, 6) is -0.665. The minimum absolute atomic E-state index is 0.115. The van der Waals surface area contributed by atoms with Crippen molar-refractivity contribution in [1.82, 2.24) is 9.78 Å². The predicted octanol–water partition coefficient (Wildman–Crippen LogP) is 2.14. The summed E-state index contributed by atoms with van der Waals surface area (Å²) in [6, 6.07) is 1.41. The summed E-state index contributed by atoms with van der Waals surface area (Å²) < 4.78 is 15.2. The second kappa shape index (κ2) is 3.68. The van der Waals surface area contributed by atoms with Gasteiger partial charge in [0.05, 0.1) is 17.6 Å². The van der Waals surface area contributed by atoms with E-state index in [1.165, 1.54) is 10.7 Å². The van der Waals surface area contributed by atoms with Crippen molar-refractivity contribution in [2.24, 2.45) is 0 Å². The third-order valence-electron chi connectivity index (χ3n) is 2.18. The maximum absolute atomic E-state index is 13.9. The highest BCUT2D eigenvalue weighted by Gasteiger charge is 2.16. The lowest BCUT2D eigenvalue weighted by molar-refractivity contribution is 0.613. The molecule has 2 aromatic rings. The molecule has 0 atom stereocenters. The van der Waals surface area contributed by atoms with Crippen LogP contribution in [0.1, 0.15) is 5.56 Å². The van der Waals surface area contributed by atoms with Gasteiger partial charge in [0.15, 0.2) is 5.82 Å². The molecule has 6 heteroatoms. The van der Waals surface area contributed by atoms with Crippen LogP contribution in [0.4, 0.5) is 15.8 Å². The zero-order chi connectivity index (χ0) is 11.9. The summed E-state index contributed by atoms with van der Waals surface area (Å²) >= 11 is 5.71. The van der Waals surface area contributed by atoms with Gasteiger partial charge < -0.3 is 11.5 Å². The van der Waals surface area contributed by atoms with E-state index in [1.807, 2.05) is 6.92 Å². The van der Waals surface area contributed by atoms with Crippen molar-refractivity contribution >= 4 is 23.0 Å². The highest BCUT2D eigenvalue weighted by Crippen LogP contribution is 2.32. The van der Waals surface area contributed by atoms with Crippen LogP contribution in [0.5, 0.6) is 0 Å². The summed E-state index contributed by atoms with van der Waals surface area (Å²) in [6.07, 6.45) is 3.25. The molecular formula is C10H10ClFN4. The zero-order valence-corrected chi connectivity index (χ0v) is 9.29.